The number of halogens is 1. The van der Waals surface area contributed by atoms with Gasteiger partial charge in [0.1, 0.15) is 6.07 Å². The van der Waals surface area contributed by atoms with Crippen LogP contribution in [0.4, 0.5) is 5.69 Å². The first kappa shape index (κ1) is 11.3. The summed E-state index contributed by atoms with van der Waals surface area (Å²) in [5, 5.41) is 13.1. The van der Waals surface area contributed by atoms with Crippen molar-refractivity contribution in [2.45, 2.75) is 32.2 Å². The fraction of sp³-hybridized carbons (Fsp3) is 0.462. The van der Waals surface area contributed by atoms with Crippen molar-refractivity contribution >= 4 is 17.3 Å². The first-order valence-electron chi connectivity index (χ1n) is 5.67. The predicted molar refractivity (Wildman–Crippen MR) is 66.6 cm³/mol. The summed E-state index contributed by atoms with van der Waals surface area (Å²) in [6.07, 6.45) is 3.91. The third kappa shape index (κ3) is 2.31. The molecule has 1 fully saturated rings. The second-order valence-corrected chi connectivity index (χ2v) is 4.86. The molecule has 1 atom stereocenters. The number of nitrogens with one attached hydrogen (secondary N) is 1. The van der Waals surface area contributed by atoms with Crippen molar-refractivity contribution in [2.75, 3.05) is 5.32 Å². The first-order chi connectivity index (χ1) is 7.70. The van der Waals surface area contributed by atoms with Gasteiger partial charge in [-0.25, -0.2) is 0 Å². The minimum atomic E-state index is 0.416. The Morgan fingerprint density at radius 2 is 2.25 bits per heavy atom. The average Bonchev–Trinajstić information content (AvgIpc) is 2.15. The molecule has 3 heteroatoms. The fourth-order valence-electron chi connectivity index (χ4n) is 2.04. The second kappa shape index (κ2) is 4.76. The number of nitriles is 1. The normalized spacial score (nSPS) is 17.3. The molecule has 0 saturated heterocycles. The van der Waals surface area contributed by atoms with Crippen molar-refractivity contribution in [1.29, 1.82) is 5.26 Å². The summed E-state index contributed by atoms with van der Waals surface area (Å²) in [6, 6.07) is 7.94. The van der Waals surface area contributed by atoms with E-state index in [2.05, 4.69) is 18.3 Å². The molecule has 0 radical (unpaired) electrons. The van der Waals surface area contributed by atoms with Crippen LogP contribution in [0, 0.1) is 17.2 Å². The molecule has 0 aliphatic heterocycles. The highest BCUT2D eigenvalue weighted by atomic mass is 35.5. The Kier molecular flexibility index (Phi) is 3.36. The lowest BCUT2D eigenvalue weighted by molar-refractivity contribution is 0.285. The number of hydrogen-bond acceptors (Lipinski definition) is 2. The van der Waals surface area contributed by atoms with E-state index in [9.17, 15) is 0 Å². The Morgan fingerprint density at radius 1 is 1.50 bits per heavy atom. The third-order valence-electron chi connectivity index (χ3n) is 3.34. The summed E-state index contributed by atoms with van der Waals surface area (Å²) in [6.45, 7) is 2.17. The second-order valence-electron chi connectivity index (χ2n) is 4.43. The van der Waals surface area contributed by atoms with Crippen LogP contribution in [0.5, 0.6) is 0 Å². The molecule has 2 nitrogen and oxygen atoms in total. The number of rotatable bonds is 3. The van der Waals surface area contributed by atoms with Gasteiger partial charge in [-0.15, -0.1) is 0 Å². The maximum Gasteiger partial charge on any atom is 0.101 e. The topological polar surface area (TPSA) is 35.8 Å². The zero-order chi connectivity index (χ0) is 11.5. The molecule has 1 N–H and O–H groups in total. The maximum absolute atomic E-state index is 9.00. The molecule has 0 spiro atoms. The van der Waals surface area contributed by atoms with Crippen LogP contribution in [0.15, 0.2) is 18.2 Å². The molecule has 0 aromatic heterocycles. The molecule has 1 saturated carbocycles. The van der Waals surface area contributed by atoms with E-state index in [1.165, 1.54) is 19.3 Å². The molecule has 0 bridgehead atoms. The van der Waals surface area contributed by atoms with E-state index in [1.807, 2.05) is 6.07 Å². The summed E-state index contributed by atoms with van der Waals surface area (Å²) in [7, 11) is 0. The molecule has 16 heavy (non-hydrogen) atoms. The lowest BCUT2D eigenvalue weighted by Gasteiger charge is -2.32. The number of nitrogens with zero attached hydrogens (tertiary/aromatic N) is 1. The molecular weight excluding hydrogens is 220 g/mol. The van der Waals surface area contributed by atoms with Crippen molar-refractivity contribution in [3.05, 3.63) is 28.8 Å². The SMILES string of the molecule is CC(Nc1cc(Cl)ccc1C#N)C1CCC1. The minimum absolute atomic E-state index is 0.416. The van der Waals surface area contributed by atoms with Crippen molar-refractivity contribution < 1.29 is 0 Å². The summed E-state index contributed by atoms with van der Waals surface area (Å²) in [5.41, 5.74) is 1.52. The van der Waals surface area contributed by atoms with E-state index < -0.39 is 0 Å². The average molecular weight is 235 g/mol. The Bertz CT molecular complexity index is 418. The van der Waals surface area contributed by atoms with Gasteiger partial charge in [-0.2, -0.15) is 5.26 Å². The van der Waals surface area contributed by atoms with Gasteiger partial charge in [0.25, 0.3) is 0 Å². The van der Waals surface area contributed by atoms with Gasteiger partial charge < -0.3 is 5.32 Å². The molecule has 1 aliphatic rings. The van der Waals surface area contributed by atoms with Gasteiger partial charge in [0.2, 0.25) is 0 Å². The Labute approximate surface area is 101 Å². The lowest BCUT2D eigenvalue weighted by Crippen LogP contribution is -2.31. The van der Waals surface area contributed by atoms with Gasteiger partial charge >= 0.3 is 0 Å². The van der Waals surface area contributed by atoms with Crippen molar-refractivity contribution in [3.8, 4) is 6.07 Å². The minimum Gasteiger partial charge on any atom is -0.381 e. The van der Waals surface area contributed by atoms with Gasteiger partial charge in [0.15, 0.2) is 0 Å². The van der Waals surface area contributed by atoms with Crippen LogP contribution < -0.4 is 5.32 Å². The van der Waals surface area contributed by atoms with E-state index in [0.29, 0.717) is 16.6 Å². The van der Waals surface area contributed by atoms with E-state index in [-0.39, 0.29) is 0 Å². The van der Waals surface area contributed by atoms with Gasteiger partial charge in [0.05, 0.1) is 11.3 Å². The van der Waals surface area contributed by atoms with Gasteiger partial charge in [-0.05, 0) is 43.9 Å². The molecule has 1 aromatic rings. The van der Waals surface area contributed by atoms with Crippen LogP contribution in [-0.4, -0.2) is 6.04 Å². The molecule has 2 rings (SSSR count). The van der Waals surface area contributed by atoms with E-state index in [0.717, 1.165) is 11.6 Å². The number of benzene rings is 1. The van der Waals surface area contributed by atoms with Crippen LogP contribution in [0.1, 0.15) is 31.7 Å². The third-order valence-corrected chi connectivity index (χ3v) is 3.58. The lowest BCUT2D eigenvalue weighted by atomic mass is 9.80. The highest BCUT2D eigenvalue weighted by molar-refractivity contribution is 6.30. The van der Waals surface area contributed by atoms with Crippen LogP contribution in [-0.2, 0) is 0 Å². The fourth-order valence-corrected chi connectivity index (χ4v) is 2.21. The quantitative estimate of drug-likeness (QED) is 0.863. The Balaban J connectivity index is 2.13. The molecular formula is C13H15ClN2. The van der Waals surface area contributed by atoms with Crippen LogP contribution >= 0.6 is 11.6 Å². The summed E-state index contributed by atoms with van der Waals surface area (Å²) < 4.78 is 0. The van der Waals surface area contributed by atoms with Crippen molar-refractivity contribution in [2.24, 2.45) is 5.92 Å². The standard InChI is InChI=1S/C13H15ClN2/c1-9(10-3-2-4-10)16-13-7-12(14)6-5-11(13)8-15/h5-7,9-10,16H,2-4H2,1H3. The van der Waals surface area contributed by atoms with Crippen LogP contribution in [0.2, 0.25) is 5.02 Å². The van der Waals surface area contributed by atoms with E-state index in [1.54, 1.807) is 12.1 Å². The van der Waals surface area contributed by atoms with Gasteiger partial charge in [-0.3, -0.25) is 0 Å². The largest absolute Gasteiger partial charge is 0.381 e. The Hall–Kier alpha value is -1.20. The molecule has 1 aliphatic carbocycles. The molecule has 0 amide bonds. The Morgan fingerprint density at radius 3 is 2.81 bits per heavy atom. The molecule has 84 valence electrons. The summed E-state index contributed by atoms with van der Waals surface area (Å²) in [4.78, 5) is 0. The highest BCUT2D eigenvalue weighted by Gasteiger charge is 2.24. The van der Waals surface area contributed by atoms with Crippen molar-refractivity contribution in [3.63, 3.8) is 0 Å². The van der Waals surface area contributed by atoms with Gasteiger partial charge in [0, 0.05) is 11.1 Å². The molecule has 1 unspecified atom stereocenters. The molecule has 1 aromatic carbocycles. The van der Waals surface area contributed by atoms with E-state index in [4.69, 9.17) is 16.9 Å². The zero-order valence-electron chi connectivity index (χ0n) is 9.33. The highest BCUT2D eigenvalue weighted by Crippen LogP contribution is 2.32. The monoisotopic (exact) mass is 234 g/mol. The summed E-state index contributed by atoms with van der Waals surface area (Å²) >= 11 is 5.94. The smallest absolute Gasteiger partial charge is 0.101 e. The van der Waals surface area contributed by atoms with Crippen LogP contribution in [0.25, 0.3) is 0 Å². The molecule has 0 heterocycles. The zero-order valence-corrected chi connectivity index (χ0v) is 10.1. The van der Waals surface area contributed by atoms with Crippen molar-refractivity contribution in [1.82, 2.24) is 0 Å². The predicted octanol–water partition coefficient (Wildman–Crippen LogP) is 3.81. The van der Waals surface area contributed by atoms with E-state index >= 15 is 0 Å². The maximum atomic E-state index is 9.00. The first-order valence-corrected chi connectivity index (χ1v) is 6.04. The van der Waals surface area contributed by atoms with Crippen LogP contribution in [0.3, 0.4) is 0 Å². The number of hydrogen-bond donors (Lipinski definition) is 1. The van der Waals surface area contributed by atoms with Gasteiger partial charge in [-0.1, -0.05) is 18.0 Å². The number of anilines is 1. The summed E-state index contributed by atoms with van der Waals surface area (Å²) in [5.74, 6) is 0.741.